The fourth-order valence-electron chi connectivity index (χ4n) is 4.38. The molecular weight excluding hydrogens is 554 g/mol. The van der Waals surface area contributed by atoms with Crippen LogP contribution in [0.3, 0.4) is 0 Å². The van der Waals surface area contributed by atoms with Gasteiger partial charge in [0, 0.05) is 6.42 Å². The molecule has 1 aromatic rings. The van der Waals surface area contributed by atoms with Gasteiger partial charge in [0.15, 0.2) is 0 Å². The SMILES string of the molecule is CC(C)C[C@H](NC(=O)[C@H](CCCCN)NC(=O)[C@H](C)NC(=O)[C@@H](N)CCCCN)C(=O)N[C@@H](Cc1ccccc1)C(=O)O. The summed E-state index contributed by atoms with van der Waals surface area (Å²) < 4.78 is 0. The van der Waals surface area contributed by atoms with E-state index in [4.69, 9.17) is 17.2 Å². The third-order valence-corrected chi connectivity index (χ3v) is 6.88. The predicted octanol–water partition coefficient (Wildman–Crippen LogP) is -0.0958. The van der Waals surface area contributed by atoms with Crippen molar-refractivity contribution in [3.05, 3.63) is 35.9 Å². The molecule has 11 N–H and O–H groups in total. The lowest BCUT2D eigenvalue weighted by Crippen LogP contribution is -2.58. The van der Waals surface area contributed by atoms with Crippen molar-refractivity contribution in [2.24, 2.45) is 23.1 Å². The molecule has 13 heteroatoms. The molecule has 43 heavy (non-hydrogen) atoms. The lowest BCUT2D eigenvalue weighted by atomic mass is 10.0. The van der Waals surface area contributed by atoms with Gasteiger partial charge in [-0.1, -0.05) is 50.6 Å². The number of carboxylic acids is 1. The van der Waals surface area contributed by atoms with Gasteiger partial charge in [-0.25, -0.2) is 4.79 Å². The number of carboxylic acid groups (broad SMARTS) is 1. The number of unbranched alkanes of at least 4 members (excludes halogenated alkanes) is 2. The summed E-state index contributed by atoms with van der Waals surface area (Å²) in [5, 5.41) is 20.2. The number of carbonyl (C=O) groups is 5. The highest BCUT2D eigenvalue weighted by Gasteiger charge is 2.31. The summed E-state index contributed by atoms with van der Waals surface area (Å²) >= 11 is 0. The normalized spacial score (nSPS) is 14.6. The van der Waals surface area contributed by atoms with Gasteiger partial charge >= 0.3 is 5.97 Å². The first kappa shape index (κ1) is 37.5. The number of amides is 4. The Bertz CT molecular complexity index is 1020. The van der Waals surface area contributed by atoms with Gasteiger partial charge in [-0.05, 0) is 70.0 Å². The minimum absolute atomic E-state index is 0.0111. The van der Waals surface area contributed by atoms with Gasteiger partial charge in [0.05, 0.1) is 6.04 Å². The van der Waals surface area contributed by atoms with Crippen LogP contribution in [0.5, 0.6) is 0 Å². The minimum atomic E-state index is -1.20. The number of hydrogen-bond donors (Lipinski definition) is 8. The Kier molecular flexibility index (Phi) is 17.8. The molecule has 1 rings (SSSR count). The Labute approximate surface area is 254 Å². The van der Waals surface area contributed by atoms with Gasteiger partial charge in [-0.15, -0.1) is 0 Å². The Hall–Kier alpha value is -3.55. The Balaban J connectivity index is 2.97. The average Bonchev–Trinajstić information content (AvgIpc) is 2.96. The van der Waals surface area contributed by atoms with Crippen LogP contribution in [0.1, 0.15) is 71.3 Å². The van der Waals surface area contributed by atoms with E-state index in [1.54, 1.807) is 24.3 Å². The van der Waals surface area contributed by atoms with Gasteiger partial charge in [0.1, 0.15) is 24.2 Å². The van der Waals surface area contributed by atoms with E-state index in [2.05, 4.69) is 21.3 Å². The van der Waals surface area contributed by atoms with E-state index in [9.17, 15) is 29.1 Å². The topological polar surface area (TPSA) is 232 Å². The molecule has 0 saturated heterocycles. The first-order valence-corrected chi connectivity index (χ1v) is 15.0. The third-order valence-electron chi connectivity index (χ3n) is 6.88. The molecule has 0 heterocycles. The molecule has 242 valence electrons. The third kappa shape index (κ3) is 15.0. The standard InChI is InChI=1S/C30H51N7O6/c1-19(2)17-24(29(41)37-25(30(42)43)18-21-11-5-4-6-12-21)36-28(40)23(14-8-10-16-32)35-26(38)20(3)34-27(39)22(33)13-7-9-15-31/h4-6,11-12,19-20,22-25H,7-10,13-18,31-33H2,1-3H3,(H,34,39)(H,35,38)(H,36,40)(H,37,41)(H,42,43)/t20-,22-,23-,24-,25-/m0/s1. The summed E-state index contributed by atoms with van der Waals surface area (Å²) in [5.74, 6) is -3.52. The highest BCUT2D eigenvalue weighted by molar-refractivity contribution is 5.95. The van der Waals surface area contributed by atoms with Crippen LogP contribution in [0, 0.1) is 5.92 Å². The van der Waals surface area contributed by atoms with Crippen LogP contribution >= 0.6 is 0 Å². The fraction of sp³-hybridized carbons (Fsp3) is 0.633. The Morgan fingerprint density at radius 2 is 1.23 bits per heavy atom. The monoisotopic (exact) mass is 605 g/mol. The van der Waals surface area contributed by atoms with Crippen LogP contribution < -0.4 is 38.5 Å². The smallest absolute Gasteiger partial charge is 0.326 e. The Morgan fingerprint density at radius 1 is 0.698 bits per heavy atom. The molecule has 4 amide bonds. The number of nitrogens with two attached hydrogens (primary N) is 3. The van der Waals surface area contributed by atoms with E-state index in [0.29, 0.717) is 38.8 Å². The maximum Gasteiger partial charge on any atom is 0.326 e. The lowest BCUT2D eigenvalue weighted by Gasteiger charge is -2.26. The van der Waals surface area contributed by atoms with Gasteiger partial charge in [-0.2, -0.15) is 0 Å². The van der Waals surface area contributed by atoms with E-state index in [1.165, 1.54) is 6.92 Å². The van der Waals surface area contributed by atoms with Crippen LogP contribution in [0.15, 0.2) is 30.3 Å². The second-order valence-corrected chi connectivity index (χ2v) is 11.2. The molecule has 0 spiro atoms. The number of benzene rings is 1. The van der Waals surface area contributed by atoms with Gasteiger partial charge in [0.2, 0.25) is 23.6 Å². The van der Waals surface area contributed by atoms with Crippen molar-refractivity contribution < 1.29 is 29.1 Å². The maximum absolute atomic E-state index is 13.4. The Morgan fingerprint density at radius 3 is 1.79 bits per heavy atom. The zero-order chi connectivity index (χ0) is 32.4. The van der Waals surface area contributed by atoms with Gasteiger partial charge in [0.25, 0.3) is 0 Å². The van der Waals surface area contributed by atoms with Crippen LogP contribution in [0.2, 0.25) is 0 Å². The van der Waals surface area contributed by atoms with Crippen LogP contribution in [-0.2, 0) is 30.4 Å². The molecule has 0 fully saturated rings. The molecule has 0 unspecified atom stereocenters. The lowest BCUT2D eigenvalue weighted by molar-refractivity contribution is -0.142. The molecule has 5 atom stereocenters. The first-order valence-electron chi connectivity index (χ1n) is 15.0. The molecule has 1 aromatic carbocycles. The largest absolute Gasteiger partial charge is 0.480 e. The highest BCUT2D eigenvalue weighted by atomic mass is 16.4. The summed E-state index contributed by atoms with van der Waals surface area (Å²) in [6, 6.07) is 3.88. The van der Waals surface area contributed by atoms with Crippen molar-refractivity contribution in [1.29, 1.82) is 0 Å². The van der Waals surface area contributed by atoms with Crippen LogP contribution in [0.4, 0.5) is 0 Å². The summed E-state index contributed by atoms with van der Waals surface area (Å²) in [4.78, 5) is 64.0. The summed E-state index contributed by atoms with van der Waals surface area (Å²) in [6.45, 7) is 6.12. The number of aliphatic carboxylic acids is 1. The molecule has 0 aromatic heterocycles. The first-order chi connectivity index (χ1) is 20.4. The second-order valence-electron chi connectivity index (χ2n) is 11.2. The average molecular weight is 606 g/mol. The maximum atomic E-state index is 13.4. The molecule has 0 aliphatic carbocycles. The molecule has 0 saturated carbocycles. The van der Waals surface area contributed by atoms with Gasteiger partial charge < -0.3 is 43.6 Å². The van der Waals surface area contributed by atoms with Crippen molar-refractivity contribution in [1.82, 2.24) is 21.3 Å². The van der Waals surface area contributed by atoms with E-state index in [0.717, 1.165) is 12.0 Å². The fourth-order valence-corrected chi connectivity index (χ4v) is 4.38. The minimum Gasteiger partial charge on any atom is -0.480 e. The highest BCUT2D eigenvalue weighted by Crippen LogP contribution is 2.10. The molecule has 0 aliphatic rings. The van der Waals surface area contributed by atoms with E-state index in [-0.39, 0.29) is 25.2 Å². The van der Waals surface area contributed by atoms with E-state index >= 15 is 0 Å². The summed E-state index contributed by atoms with van der Waals surface area (Å²) in [6.07, 6.45) is 3.54. The van der Waals surface area contributed by atoms with Gasteiger partial charge in [-0.3, -0.25) is 19.2 Å². The molecule has 13 nitrogen and oxygen atoms in total. The van der Waals surface area contributed by atoms with Crippen molar-refractivity contribution in [3.8, 4) is 0 Å². The quantitative estimate of drug-likeness (QED) is 0.0873. The summed E-state index contributed by atoms with van der Waals surface area (Å²) in [5.41, 5.74) is 17.7. The second kappa shape index (κ2) is 20.4. The molecule has 0 radical (unpaired) electrons. The number of rotatable bonds is 21. The van der Waals surface area contributed by atoms with Crippen LogP contribution in [-0.4, -0.2) is 78.0 Å². The van der Waals surface area contributed by atoms with Crippen molar-refractivity contribution >= 4 is 29.6 Å². The molecule has 0 bridgehead atoms. The predicted molar refractivity (Wildman–Crippen MR) is 164 cm³/mol. The molecular formula is C30H51N7O6. The van der Waals surface area contributed by atoms with E-state index in [1.807, 2.05) is 19.9 Å². The van der Waals surface area contributed by atoms with Crippen molar-refractivity contribution in [3.63, 3.8) is 0 Å². The van der Waals surface area contributed by atoms with Crippen molar-refractivity contribution in [2.45, 2.75) is 102 Å². The zero-order valence-electron chi connectivity index (χ0n) is 25.6. The van der Waals surface area contributed by atoms with E-state index < -0.39 is 59.8 Å². The summed E-state index contributed by atoms with van der Waals surface area (Å²) in [7, 11) is 0. The number of hydrogen-bond acceptors (Lipinski definition) is 8. The van der Waals surface area contributed by atoms with Crippen molar-refractivity contribution in [2.75, 3.05) is 13.1 Å². The number of carbonyl (C=O) groups excluding carboxylic acids is 4. The molecule has 0 aliphatic heterocycles. The number of nitrogens with one attached hydrogen (secondary N) is 4. The zero-order valence-corrected chi connectivity index (χ0v) is 25.6. The van der Waals surface area contributed by atoms with Crippen LogP contribution in [0.25, 0.3) is 0 Å².